The number of hydrogen-bond acceptors (Lipinski definition) is 15. The summed E-state index contributed by atoms with van der Waals surface area (Å²) in [5.74, 6) is -0.568. The summed E-state index contributed by atoms with van der Waals surface area (Å²) in [7, 11) is -9.93. The van der Waals surface area contributed by atoms with E-state index in [4.69, 9.17) is 37.0 Å². The lowest BCUT2D eigenvalue weighted by atomic mass is 10.0. The van der Waals surface area contributed by atoms with Crippen LogP contribution in [0, 0.1) is 11.8 Å². The van der Waals surface area contributed by atoms with Gasteiger partial charge in [0, 0.05) is 25.7 Å². The summed E-state index contributed by atoms with van der Waals surface area (Å²) in [6, 6.07) is 0. The van der Waals surface area contributed by atoms with Gasteiger partial charge in [0.1, 0.15) is 19.3 Å². The molecule has 0 aliphatic heterocycles. The molecule has 0 fully saturated rings. The normalized spacial score (nSPS) is 13.8. The van der Waals surface area contributed by atoms with Gasteiger partial charge < -0.3 is 33.8 Å². The number of phosphoric ester groups is 2. The van der Waals surface area contributed by atoms with Crippen LogP contribution in [-0.4, -0.2) is 96.7 Å². The first-order chi connectivity index (χ1) is 51.4. The molecule has 0 aromatic heterocycles. The molecule has 17 nitrogen and oxygen atoms in total. The molecule has 0 aliphatic rings. The van der Waals surface area contributed by atoms with Gasteiger partial charge in [-0.25, -0.2) is 9.13 Å². The average Bonchev–Trinajstić information content (AvgIpc) is 0.923. The topological polar surface area (TPSA) is 237 Å². The first kappa shape index (κ1) is 104. The zero-order chi connectivity index (χ0) is 77.8. The Morgan fingerprint density at radius 1 is 0.255 bits per heavy atom. The van der Waals surface area contributed by atoms with Crippen molar-refractivity contribution < 1.29 is 80.2 Å². The molecule has 0 saturated carbocycles. The van der Waals surface area contributed by atoms with Crippen molar-refractivity contribution in [1.29, 1.82) is 0 Å². The van der Waals surface area contributed by atoms with E-state index in [2.05, 4.69) is 41.5 Å². The second kappa shape index (κ2) is 78.3. The smallest absolute Gasteiger partial charge is 0.462 e. The minimum Gasteiger partial charge on any atom is -0.462 e. The van der Waals surface area contributed by atoms with Crippen LogP contribution in [0.15, 0.2) is 0 Å². The van der Waals surface area contributed by atoms with Gasteiger partial charge in [0.2, 0.25) is 0 Å². The number of rotatable bonds is 86. The highest BCUT2D eigenvalue weighted by Gasteiger charge is 2.30. The number of esters is 4. The average molecular weight is 1550 g/mol. The van der Waals surface area contributed by atoms with Crippen LogP contribution >= 0.6 is 15.6 Å². The molecule has 0 aromatic carbocycles. The minimum atomic E-state index is -4.97. The van der Waals surface area contributed by atoms with Crippen LogP contribution in [0.25, 0.3) is 0 Å². The van der Waals surface area contributed by atoms with E-state index in [1.807, 2.05) is 0 Å². The fourth-order valence-electron chi connectivity index (χ4n) is 13.6. The molecule has 0 rings (SSSR count). The Labute approximate surface area is 651 Å². The van der Waals surface area contributed by atoms with Crippen LogP contribution in [0.1, 0.15) is 465 Å². The monoisotopic (exact) mass is 1550 g/mol. The van der Waals surface area contributed by atoms with Gasteiger partial charge in [0.25, 0.3) is 0 Å². The van der Waals surface area contributed by atoms with Crippen molar-refractivity contribution in [2.75, 3.05) is 39.6 Å². The fourth-order valence-corrected chi connectivity index (χ4v) is 15.2. The number of carbonyl (C=O) groups is 4. The molecule has 0 aromatic rings. The summed E-state index contributed by atoms with van der Waals surface area (Å²) in [5.41, 5.74) is 0. The van der Waals surface area contributed by atoms with E-state index in [0.29, 0.717) is 25.7 Å². The SMILES string of the molecule is CCCCCCCCCCCCCCCCCCCCCC(=O)O[C@H](COC(=O)CCCCCCCCCCCCCCCCCC(C)C)COP(=O)(O)OC[C@@H](O)COP(=O)(O)OC[C@@H](COC(=O)CCCCCCCCCCC(C)C)OC(=O)CCCCCCCCCCCCCCCCCCCC. The van der Waals surface area contributed by atoms with Crippen molar-refractivity contribution in [2.24, 2.45) is 11.8 Å². The highest BCUT2D eigenvalue weighted by Crippen LogP contribution is 2.45. The summed E-state index contributed by atoms with van der Waals surface area (Å²) in [5, 5.41) is 10.7. The molecule has 19 heteroatoms. The highest BCUT2D eigenvalue weighted by atomic mass is 31.2. The number of unbranched alkanes of at least 4 members (excludes halogenated alkanes) is 56. The summed E-state index contributed by atoms with van der Waals surface area (Å²) >= 11 is 0. The molecule has 2 unspecified atom stereocenters. The van der Waals surface area contributed by atoms with E-state index < -0.39 is 97.5 Å². The van der Waals surface area contributed by atoms with Crippen molar-refractivity contribution in [2.45, 2.75) is 484 Å². The zero-order valence-corrected chi connectivity index (χ0v) is 71.5. The lowest BCUT2D eigenvalue weighted by molar-refractivity contribution is -0.161. The predicted molar refractivity (Wildman–Crippen MR) is 437 cm³/mol. The number of hydrogen-bond donors (Lipinski definition) is 3. The van der Waals surface area contributed by atoms with Gasteiger partial charge in [0.05, 0.1) is 26.4 Å². The molecule has 0 amide bonds. The predicted octanol–water partition coefficient (Wildman–Crippen LogP) is 26.6. The van der Waals surface area contributed by atoms with E-state index in [9.17, 15) is 43.2 Å². The van der Waals surface area contributed by atoms with Crippen LogP contribution in [-0.2, 0) is 65.4 Å². The third kappa shape index (κ3) is 80.1. The van der Waals surface area contributed by atoms with E-state index >= 15 is 0 Å². The first-order valence-corrected chi connectivity index (χ1v) is 48.0. The molecule has 0 saturated heterocycles. The number of aliphatic hydroxyl groups is 1. The van der Waals surface area contributed by atoms with Crippen LogP contribution in [0.4, 0.5) is 0 Å². The summed E-state index contributed by atoms with van der Waals surface area (Å²) in [6.45, 7) is 9.68. The molecule has 3 N–H and O–H groups in total. The number of carbonyl (C=O) groups excluding carboxylic acids is 4. The Balaban J connectivity index is 5.24. The van der Waals surface area contributed by atoms with Crippen molar-refractivity contribution >= 4 is 39.5 Å². The minimum absolute atomic E-state index is 0.108. The van der Waals surface area contributed by atoms with E-state index in [1.54, 1.807) is 0 Å². The van der Waals surface area contributed by atoms with Crippen molar-refractivity contribution in [3.8, 4) is 0 Å². The Hall–Kier alpha value is -1.94. The van der Waals surface area contributed by atoms with Gasteiger partial charge in [-0.05, 0) is 37.5 Å². The first-order valence-electron chi connectivity index (χ1n) is 45.0. The van der Waals surface area contributed by atoms with Crippen molar-refractivity contribution in [3.63, 3.8) is 0 Å². The van der Waals surface area contributed by atoms with Gasteiger partial charge in [0.15, 0.2) is 12.2 Å². The molecule has 630 valence electrons. The molecule has 0 heterocycles. The molecular weight excluding hydrogens is 1380 g/mol. The summed E-state index contributed by atoms with van der Waals surface area (Å²) < 4.78 is 68.9. The van der Waals surface area contributed by atoms with Crippen LogP contribution in [0.5, 0.6) is 0 Å². The molecule has 0 bridgehead atoms. The van der Waals surface area contributed by atoms with Crippen LogP contribution in [0.3, 0.4) is 0 Å². The number of aliphatic hydroxyl groups excluding tert-OH is 1. The van der Waals surface area contributed by atoms with Gasteiger partial charge in [-0.2, -0.15) is 0 Å². The maximum absolute atomic E-state index is 13.2. The molecule has 0 aliphatic carbocycles. The molecule has 5 atom stereocenters. The Morgan fingerprint density at radius 2 is 0.434 bits per heavy atom. The van der Waals surface area contributed by atoms with E-state index in [1.165, 1.54) is 283 Å². The van der Waals surface area contributed by atoms with Gasteiger partial charge in [-0.1, -0.05) is 414 Å². The van der Waals surface area contributed by atoms with Crippen molar-refractivity contribution in [3.05, 3.63) is 0 Å². The second-order valence-corrected chi connectivity index (χ2v) is 35.1. The van der Waals surface area contributed by atoms with E-state index in [0.717, 1.165) is 102 Å². The Morgan fingerprint density at radius 3 is 0.642 bits per heavy atom. The van der Waals surface area contributed by atoms with Gasteiger partial charge in [-0.3, -0.25) is 37.3 Å². The number of phosphoric acid groups is 2. The molecule has 0 spiro atoms. The quantitative estimate of drug-likeness (QED) is 0.0222. The third-order valence-electron chi connectivity index (χ3n) is 20.5. The second-order valence-electron chi connectivity index (χ2n) is 32.2. The Bertz CT molecular complexity index is 2030. The fraction of sp³-hybridized carbons (Fsp3) is 0.954. The lowest BCUT2D eigenvalue weighted by Gasteiger charge is -2.21. The molecule has 0 radical (unpaired) electrons. The molecular formula is C87H170O17P2. The summed E-state index contributed by atoms with van der Waals surface area (Å²) in [4.78, 5) is 73.3. The van der Waals surface area contributed by atoms with Crippen LogP contribution < -0.4 is 0 Å². The maximum atomic E-state index is 13.2. The molecule has 106 heavy (non-hydrogen) atoms. The largest absolute Gasteiger partial charge is 0.472 e. The lowest BCUT2D eigenvalue weighted by Crippen LogP contribution is -2.30. The Kier molecular flexibility index (Phi) is 76.9. The number of ether oxygens (including phenoxy) is 4. The van der Waals surface area contributed by atoms with Gasteiger partial charge in [-0.15, -0.1) is 0 Å². The highest BCUT2D eigenvalue weighted by molar-refractivity contribution is 7.47. The standard InChI is InChI=1S/C87H170O17P2/c1-7-9-11-13-15-17-19-21-23-25-27-29-33-38-42-46-54-60-66-71-86(91)103-82(75-97-84(89)69-63-57-51-44-40-36-34-30-31-35-39-43-49-55-61-67-79(3)4)77-101-105(93,94)99-73-81(88)74-100-106(95,96)102-78-83(76-98-85(90)70-64-58-52-48-47-50-56-62-68-80(5)6)104-87(92)72-65-59-53-45-41-37-32-28-26-24-22-20-18-16-14-12-10-8-2/h79-83,88H,7-78H2,1-6H3,(H,93,94)(H,95,96)/t81-,82-,83-/m1/s1. The van der Waals surface area contributed by atoms with Crippen LogP contribution in [0.2, 0.25) is 0 Å². The zero-order valence-electron chi connectivity index (χ0n) is 69.7. The van der Waals surface area contributed by atoms with E-state index in [-0.39, 0.29) is 25.7 Å². The summed E-state index contributed by atoms with van der Waals surface area (Å²) in [6.07, 6.45) is 70.9. The third-order valence-corrected chi connectivity index (χ3v) is 22.4. The maximum Gasteiger partial charge on any atom is 0.472 e. The van der Waals surface area contributed by atoms with Gasteiger partial charge >= 0.3 is 39.5 Å². The van der Waals surface area contributed by atoms with Crippen molar-refractivity contribution in [1.82, 2.24) is 0 Å².